The van der Waals surface area contributed by atoms with Gasteiger partial charge in [-0.05, 0) is 0 Å². The molecule has 0 N–H and O–H groups in total. The Morgan fingerprint density at radius 2 is 1.11 bits per heavy atom. The summed E-state index contributed by atoms with van der Waals surface area (Å²) >= 11 is 9.38. The molecule has 3 aromatic carbocycles. The van der Waals surface area contributed by atoms with Gasteiger partial charge in [0.2, 0.25) is 0 Å². The zero-order valence-corrected chi connectivity index (χ0v) is 26.0. The third-order valence-corrected chi connectivity index (χ3v) is 14.1. The summed E-state index contributed by atoms with van der Waals surface area (Å²) in [6.45, 7) is 2.25. The van der Waals surface area contributed by atoms with Crippen molar-refractivity contribution in [2.45, 2.75) is 82.4 Å². The molecule has 0 bridgehead atoms. The summed E-state index contributed by atoms with van der Waals surface area (Å²) < 4.78 is 34.9. The van der Waals surface area contributed by atoms with Gasteiger partial charge >= 0.3 is 216 Å². The van der Waals surface area contributed by atoms with Gasteiger partial charge in [0, 0.05) is 0 Å². The van der Waals surface area contributed by atoms with Crippen LogP contribution in [0.3, 0.4) is 0 Å². The second kappa shape index (κ2) is 16.1. The van der Waals surface area contributed by atoms with E-state index in [-0.39, 0.29) is 4.90 Å². The van der Waals surface area contributed by atoms with Crippen molar-refractivity contribution in [3.05, 3.63) is 95.5 Å². The molecule has 3 nitrogen and oxygen atoms in total. The first-order chi connectivity index (χ1) is 17.9. The zero-order chi connectivity index (χ0) is 26.5. The Labute approximate surface area is 241 Å². The van der Waals surface area contributed by atoms with Gasteiger partial charge in [-0.15, -0.1) is 0 Å². The minimum absolute atomic E-state index is 0.274. The van der Waals surface area contributed by atoms with Crippen LogP contribution in [0.2, 0.25) is 10.0 Å². The van der Waals surface area contributed by atoms with Crippen LogP contribution in [0, 0.1) is 7.14 Å². The van der Waals surface area contributed by atoms with Crippen LogP contribution < -0.4 is 0 Å². The number of unbranched alkanes of at least 4 members (excludes halogenated alkanes) is 9. The topological polar surface area (TPSA) is 43.4 Å². The van der Waals surface area contributed by atoms with Gasteiger partial charge in [0.15, 0.2) is 0 Å². The molecule has 0 aliphatic rings. The average molecular weight is 676 g/mol. The predicted molar refractivity (Wildman–Crippen MR) is 165 cm³/mol. The van der Waals surface area contributed by atoms with Gasteiger partial charge in [0.1, 0.15) is 0 Å². The summed E-state index contributed by atoms with van der Waals surface area (Å²) in [6.07, 6.45) is 13.2. The van der Waals surface area contributed by atoms with Gasteiger partial charge in [-0.3, -0.25) is 0 Å². The molecule has 3 aromatic rings. The van der Waals surface area contributed by atoms with Crippen molar-refractivity contribution < 1.29 is 10.9 Å². The summed E-state index contributed by atoms with van der Waals surface area (Å²) in [5.74, 6) is 0. The first-order valence-electron chi connectivity index (χ1n) is 13.1. The van der Waals surface area contributed by atoms with Crippen molar-refractivity contribution in [1.29, 1.82) is 0 Å². The van der Waals surface area contributed by atoms with E-state index in [1.807, 2.05) is 36.4 Å². The molecule has 0 spiro atoms. The van der Waals surface area contributed by atoms with Crippen molar-refractivity contribution in [1.82, 2.24) is 0 Å². The second-order valence-electron chi connectivity index (χ2n) is 9.18. The Morgan fingerprint density at radius 1 is 0.649 bits per heavy atom. The third-order valence-electron chi connectivity index (χ3n) is 6.19. The van der Waals surface area contributed by atoms with E-state index in [4.69, 9.17) is 25.7 Å². The molecule has 0 unspecified atom stereocenters. The van der Waals surface area contributed by atoms with Crippen LogP contribution in [-0.2, 0) is 19.1 Å². The second-order valence-corrected chi connectivity index (χ2v) is 16.5. The van der Waals surface area contributed by atoms with Crippen molar-refractivity contribution in [3.63, 3.8) is 0 Å². The van der Waals surface area contributed by atoms with Gasteiger partial charge < -0.3 is 0 Å². The normalized spacial score (nSPS) is 12.0. The molecule has 0 aliphatic carbocycles. The molecule has 0 aromatic heterocycles. The fourth-order valence-electron chi connectivity index (χ4n) is 4.16. The number of benzene rings is 3. The van der Waals surface area contributed by atoms with Crippen LogP contribution in [0.5, 0.6) is 0 Å². The van der Waals surface area contributed by atoms with Crippen molar-refractivity contribution >= 4 is 53.6 Å². The van der Waals surface area contributed by atoms with E-state index in [0.29, 0.717) is 10.0 Å². The Kier molecular flexibility index (Phi) is 13.2. The average Bonchev–Trinajstić information content (AvgIpc) is 2.90. The van der Waals surface area contributed by atoms with E-state index in [1.54, 1.807) is 36.4 Å². The van der Waals surface area contributed by atoms with E-state index in [1.165, 1.54) is 51.4 Å². The van der Waals surface area contributed by atoms with Crippen LogP contribution in [0.1, 0.15) is 76.7 Å². The monoisotopic (exact) mass is 674 g/mol. The van der Waals surface area contributed by atoms with Crippen LogP contribution in [0.15, 0.2) is 77.7 Å². The number of rotatable bonds is 16. The maximum atomic E-state index is 13.6. The van der Waals surface area contributed by atoms with Crippen LogP contribution in [0.25, 0.3) is 0 Å². The Hall–Kier alpha value is -1.12. The molecule has 37 heavy (non-hydrogen) atoms. The molecule has 7 heteroatoms. The first kappa shape index (κ1) is 30.4. The zero-order valence-electron chi connectivity index (χ0n) is 21.5. The van der Waals surface area contributed by atoms with Crippen LogP contribution in [-0.4, -0.2) is 8.42 Å². The summed E-state index contributed by atoms with van der Waals surface area (Å²) in [4.78, 5) is 0.274. The maximum absolute atomic E-state index is 13.6. The molecule has 0 radical (unpaired) electrons. The molecular formula is C30H37Cl2IO3S. The minimum atomic E-state index is -3.97. The number of halogens is 3. The first-order valence-corrected chi connectivity index (χ1v) is 18.3. The fourth-order valence-corrected chi connectivity index (χ4v) is 11.5. The van der Waals surface area contributed by atoms with E-state index < -0.39 is 30.4 Å². The molecular weight excluding hydrogens is 638 g/mol. The molecule has 0 atom stereocenters. The SMILES string of the molecule is CCCCCCCCCCCCc1ccccc1S(=O)(=O)OI(c1ccc(Cl)cc1)c1ccc(Cl)cc1. The summed E-state index contributed by atoms with van der Waals surface area (Å²) in [6, 6.07) is 21.7. The Bertz CT molecular complexity index is 1140. The Balaban J connectivity index is 1.65. The molecule has 0 saturated carbocycles. The molecule has 0 heterocycles. The predicted octanol–water partition coefficient (Wildman–Crippen LogP) is 10.3. The molecule has 0 fully saturated rings. The quantitative estimate of drug-likeness (QED) is 0.112. The Morgan fingerprint density at radius 3 is 1.62 bits per heavy atom. The van der Waals surface area contributed by atoms with E-state index in [9.17, 15) is 8.42 Å². The molecule has 202 valence electrons. The molecule has 0 amide bonds. The molecule has 0 aliphatic heterocycles. The van der Waals surface area contributed by atoms with Crippen LogP contribution in [0.4, 0.5) is 0 Å². The molecule has 3 rings (SSSR count). The summed E-state index contributed by atoms with van der Waals surface area (Å²) in [5.41, 5.74) is 0.824. The van der Waals surface area contributed by atoms with Crippen molar-refractivity contribution in [2.75, 3.05) is 0 Å². The van der Waals surface area contributed by atoms with Gasteiger partial charge in [0.05, 0.1) is 0 Å². The van der Waals surface area contributed by atoms with Gasteiger partial charge in [-0.2, -0.15) is 0 Å². The van der Waals surface area contributed by atoms with E-state index in [2.05, 4.69) is 6.92 Å². The third kappa shape index (κ3) is 10.2. The number of hydrogen-bond acceptors (Lipinski definition) is 3. The van der Waals surface area contributed by atoms with Gasteiger partial charge in [-0.1, -0.05) is 26.2 Å². The van der Waals surface area contributed by atoms with Gasteiger partial charge in [-0.25, -0.2) is 0 Å². The number of aryl methyl sites for hydroxylation is 1. The van der Waals surface area contributed by atoms with Crippen molar-refractivity contribution in [3.8, 4) is 0 Å². The number of hydrogen-bond donors (Lipinski definition) is 0. The van der Waals surface area contributed by atoms with Crippen molar-refractivity contribution in [2.24, 2.45) is 0 Å². The fraction of sp³-hybridized carbons (Fsp3) is 0.400. The standard InChI is InChI=1S/C30H37Cl2IO3S/c1-2-3-4-5-6-7-8-9-10-11-14-25-15-12-13-16-30(25)37(34,35)36-33(28-21-17-26(31)18-22-28)29-23-19-27(32)20-24-29/h12-13,15-24H,2-11,14H2,1H3. The van der Waals surface area contributed by atoms with E-state index in [0.717, 1.165) is 32.0 Å². The van der Waals surface area contributed by atoms with Crippen LogP contribution >= 0.6 is 43.4 Å². The van der Waals surface area contributed by atoms with Gasteiger partial charge in [0.25, 0.3) is 0 Å². The summed E-state index contributed by atoms with van der Waals surface area (Å²) in [7, 11) is -3.97. The van der Waals surface area contributed by atoms with E-state index >= 15 is 0 Å². The molecule has 0 saturated heterocycles. The summed E-state index contributed by atoms with van der Waals surface area (Å²) in [5, 5.41) is 1.20.